The molecule has 1 heterocycles. The smallest absolute Gasteiger partial charge is 0.312 e. The van der Waals surface area contributed by atoms with Crippen LogP contribution in [0.3, 0.4) is 0 Å². The van der Waals surface area contributed by atoms with E-state index in [0.29, 0.717) is 5.75 Å². The Bertz CT molecular complexity index is 625. The predicted molar refractivity (Wildman–Crippen MR) is 71.7 cm³/mol. The van der Waals surface area contributed by atoms with Crippen LogP contribution in [-0.4, -0.2) is 21.7 Å². The Kier molecular flexibility index (Phi) is 4.06. The second-order valence-electron chi connectivity index (χ2n) is 4.78. The van der Waals surface area contributed by atoms with Crippen LogP contribution in [0.2, 0.25) is 0 Å². The fourth-order valence-electron chi connectivity index (χ4n) is 1.55. The van der Waals surface area contributed by atoms with E-state index >= 15 is 0 Å². The molecule has 0 aliphatic heterocycles. The van der Waals surface area contributed by atoms with E-state index in [1.54, 1.807) is 13.8 Å². The van der Waals surface area contributed by atoms with Crippen LogP contribution >= 0.6 is 0 Å². The SMILES string of the molecule is CC(C)(Oc1ccc(F)cc1)C(=O)NCc1nnc(N)o1. The molecule has 0 saturated heterocycles. The topological polar surface area (TPSA) is 103 Å². The van der Waals surface area contributed by atoms with E-state index in [1.165, 1.54) is 24.3 Å². The number of ether oxygens (including phenoxy) is 1. The molecule has 7 nitrogen and oxygen atoms in total. The number of aromatic nitrogens is 2. The van der Waals surface area contributed by atoms with E-state index < -0.39 is 5.60 Å². The number of benzene rings is 1. The fourth-order valence-corrected chi connectivity index (χ4v) is 1.55. The van der Waals surface area contributed by atoms with Gasteiger partial charge in [0.15, 0.2) is 5.60 Å². The minimum absolute atomic E-state index is 0.0409. The third-order valence-corrected chi connectivity index (χ3v) is 2.62. The second kappa shape index (κ2) is 5.78. The van der Waals surface area contributed by atoms with E-state index in [4.69, 9.17) is 14.9 Å². The summed E-state index contributed by atoms with van der Waals surface area (Å²) in [7, 11) is 0. The van der Waals surface area contributed by atoms with Gasteiger partial charge >= 0.3 is 6.01 Å². The quantitative estimate of drug-likeness (QED) is 0.860. The Morgan fingerprint density at radius 2 is 2.05 bits per heavy atom. The van der Waals surface area contributed by atoms with Crippen molar-refractivity contribution in [3.63, 3.8) is 0 Å². The van der Waals surface area contributed by atoms with Gasteiger partial charge in [-0.2, -0.15) is 0 Å². The van der Waals surface area contributed by atoms with Crippen molar-refractivity contribution >= 4 is 11.9 Å². The van der Waals surface area contributed by atoms with Gasteiger partial charge < -0.3 is 20.2 Å². The number of anilines is 1. The van der Waals surface area contributed by atoms with Gasteiger partial charge in [0.05, 0.1) is 6.54 Å². The maximum atomic E-state index is 12.8. The summed E-state index contributed by atoms with van der Waals surface area (Å²) in [6, 6.07) is 5.34. The third kappa shape index (κ3) is 3.91. The first-order valence-corrected chi connectivity index (χ1v) is 6.17. The number of nitrogen functional groups attached to an aromatic ring is 1. The van der Waals surface area contributed by atoms with E-state index in [2.05, 4.69) is 15.5 Å². The molecule has 0 bridgehead atoms. The highest BCUT2D eigenvalue weighted by Crippen LogP contribution is 2.19. The van der Waals surface area contributed by atoms with Crippen molar-refractivity contribution in [2.24, 2.45) is 0 Å². The van der Waals surface area contributed by atoms with Gasteiger partial charge in [0, 0.05) is 0 Å². The van der Waals surface area contributed by atoms with Crippen molar-refractivity contribution in [2.75, 3.05) is 5.73 Å². The molecule has 3 N–H and O–H groups in total. The first-order chi connectivity index (χ1) is 9.87. The number of carbonyl (C=O) groups is 1. The zero-order valence-corrected chi connectivity index (χ0v) is 11.6. The molecule has 21 heavy (non-hydrogen) atoms. The molecule has 0 aliphatic carbocycles. The average Bonchev–Trinajstić information content (AvgIpc) is 2.84. The molecule has 0 saturated carbocycles. The molecule has 112 valence electrons. The van der Waals surface area contributed by atoms with E-state index in [9.17, 15) is 9.18 Å². The summed E-state index contributed by atoms with van der Waals surface area (Å²) in [5.74, 6) is -0.181. The van der Waals surface area contributed by atoms with Gasteiger partial charge in [-0.05, 0) is 38.1 Å². The van der Waals surface area contributed by atoms with Crippen molar-refractivity contribution in [1.29, 1.82) is 0 Å². The number of hydrogen-bond donors (Lipinski definition) is 2. The maximum absolute atomic E-state index is 12.8. The van der Waals surface area contributed by atoms with Gasteiger partial charge in [-0.1, -0.05) is 5.10 Å². The Balaban J connectivity index is 1.94. The highest BCUT2D eigenvalue weighted by Gasteiger charge is 2.30. The lowest BCUT2D eigenvalue weighted by atomic mass is 10.1. The Hall–Kier alpha value is -2.64. The van der Waals surface area contributed by atoms with Crippen LogP contribution in [-0.2, 0) is 11.3 Å². The summed E-state index contributed by atoms with van der Waals surface area (Å²) < 4.78 is 23.3. The fraction of sp³-hybridized carbons (Fsp3) is 0.308. The molecule has 1 amide bonds. The van der Waals surface area contributed by atoms with Gasteiger partial charge in [0.2, 0.25) is 5.89 Å². The molecule has 0 aliphatic rings. The number of halogens is 1. The molecular formula is C13H15FN4O3. The van der Waals surface area contributed by atoms with Crippen LogP contribution in [0.15, 0.2) is 28.7 Å². The van der Waals surface area contributed by atoms with Crippen molar-refractivity contribution in [2.45, 2.75) is 26.0 Å². The number of nitrogens with two attached hydrogens (primary N) is 1. The van der Waals surface area contributed by atoms with Crippen molar-refractivity contribution < 1.29 is 18.3 Å². The number of amides is 1. The van der Waals surface area contributed by atoms with Gasteiger partial charge in [0.1, 0.15) is 11.6 Å². The zero-order valence-electron chi connectivity index (χ0n) is 11.6. The van der Waals surface area contributed by atoms with Crippen LogP contribution < -0.4 is 15.8 Å². The Labute approximate surface area is 120 Å². The molecule has 2 rings (SSSR count). The molecule has 0 atom stereocenters. The van der Waals surface area contributed by atoms with Crippen LogP contribution in [0.1, 0.15) is 19.7 Å². The largest absolute Gasteiger partial charge is 0.478 e. The molecule has 8 heteroatoms. The number of nitrogens with one attached hydrogen (secondary N) is 1. The average molecular weight is 294 g/mol. The van der Waals surface area contributed by atoms with Crippen LogP contribution in [0.4, 0.5) is 10.4 Å². The number of carbonyl (C=O) groups excluding carboxylic acids is 1. The lowest BCUT2D eigenvalue weighted by Gasteiger charge is -2.25. The zero-order chi connectivity index (χ0) is 15.5. The molecular weight excluding hydrogens is 279 g/mol. The van der Waals surface area contributed by atoms with Crippen molar-refractivity contribution in [3.05, 3.63) is 36.0 Å². The first-order valence-electron chi connectivity index (χ1n) is 6.17. The molecule has 0 unspecified atom stereocenters. The standard InChI is InChI=1S/C13H15FN4O3/c1-13(2,21-9-5-3-8(14)4-6-9)11(19)16-7-10-17-18-12(15)20-10/h3-6H,7H2,1-2H3,(H2,15,18)(H,16,19). The first kappa shape index (κ1) is 14.8. The number of hydrogen-bond acceptors (Lipinski definition) is 6. The highest BCUT2D eigenvalue weighted by atomic mass is 19.1. The van der Waals surface area contributed by atoms with Crippen LogP contribution in [0.5, 0.6) is 5.75 Å². The lowest BCUT2D eigenvalue weighted by molar-refractivity contribution is -0.134. The monoisotopic (exact) mass is 294 g/mol. The predicted octanol–water partition coefficient (Wildman–Crippen LogP) is 1.26. The van der Waals surface area contributed by atoms with Gasteiger partial charge in [-0.3, -0.25) is 4.79 Å². The molecule has 2 aromatic rings. The lowest BCUT2D eigenvalue weighted by Crippen LogP contribution is -2.46. The number of nitrogens with zero attached hydrogens (tertiary/aromatic N) is 2. The summed E-state index contributed by atoms with van der Waals surface area (Å²) >= 11 is 0. The highest BCUT2D eigenvalue weighted by molar-refractivity contribution is 5.84. The Morgan fingerprint density at radius 3 is 2.62 bits per heavy atom. The van der Waals surface area contributed by atoms with Gasteiger partial charge in [-0.15, -0.1) is 5.10 Å². The summed E-state index contributed by atoms with van der Waals surface area (Å²) in [4.78, 5) is 12.1. The number of rotatable bonds is 5. The van der Waals surface area contributed by atoms with Crippen molar-refractivity contribution in [3.8, 4) is 5.75 Å². The summed E-state index contributed by atoms with van der Waals surface area (Å²) in [6.07, 6.45) is 0. The van der Waals surface area contributed by atoms with Gasteiger partial charge in [-0.25, -0.2) is 4.39 Å². The second-order valence-corrected chi connectivity index (χ2v) is 4.78. The summed E-state index contributed by atoms with van der Waals surface area (Å²) in [6.45, 7) is 3.22. The molecule has 0 radical (unpaired) electrons. The molecule has 0 spiro atoms. The maximum Gasteiger partial charge on any atom is 0.312 e. The van der Waals surface area contributed by atoms with E-state index in [0.717, 1.165) is 0 Å². The minimum Gasteiger partial charge on any atom is -0.478 e. The van der Waals surface area contributed by atoms with Crippen molar-refractivity contribution in [1.82, 2.24) is 15.5 Å². The molecule has 1 aromatic carbocycles. The minimum atomic E-state index is -1.15. The van der Waals surface area contributed by atoms with Crippen LogP contribution in [0.25, 0.3) is 0 Å². The van der Waals surface area contributed by atoms with Gasteiger partial charge in [0.25, 0.3) is 5.91 Å². The normalized spacial score (nSPS) is 11.2. The van der Waals surface area contributed by atoms with E-state index in [1.807, 2.05) is 0 Å². The summed E-state index contributed by atoms with van der Waals surface area (Å²) in [5.41, 5.74) is 4.13. The summed E-state index contributed by atoms with van der Waals surface area (Å²) in [5, 5.41) is 9.69. The van der Waals surface area contributed by atoms with E-state index in [-0.39, 0.29) is 30.2 Å². The third-order valence-electron chi connectivity index (χ3n) is 2.62. The molecule has 0 fully saturated rings. The molecule has 1 aromatic heterocycles. The Morgan fingerprint density at radius 1 is 1.38 bits per heavy atom. The van der Waals surface area contributed by atoms with Crippen LogP contribution in [0, 0.1) is 5.82 Å².